The molecule has 0 radical (unpaired) electrons. The van der Waals surface area contributed by atoms with Crippen LogP contribution in [0.5, 0.6) is 0 Å². The number of likely N-dealkylation sites (tertiary alicyclic amines) is 1. The van der Waals surface area contributed by atoms with Gasteiger partial charge in [0.1, 0.15) is 5.92 Å². The Morgan fingerprint density at radius 2 is 2.14 bits per heavy atom. The van der Waals surface area contributed by atoms with Crippen molar-refractivity contribution in [3.05, 3.63) is 29.3 Å². The minimum absolute atomic E-state index is 0.0671. The Balaban J connectivity index is 1.75. The molecule has 2 heterocycles. The van der Waals surface area contributed by atoms with Crippen LogP contribution in [0.25, 0.3) is 0 Å². The maximum atomic E-state index is 12.7. The quantitative estimate of drug-likeness (QED) is 0.861. The van der Waals surface area contributed by atoms with Crippen molar-refractivity contribution < 1.29 is 9.59 Å². The molecule has 2 aliphatic heterocycles. The Labute approximate surface area is 135 Å². The van der Waals surface area contributed by atoms with E-state index in [9.17, 15) is 9.59 Å². The molecule has 1 aromatic rings. The molecule has 2 amide bonds. The fourth-order valence-electron chi connectivity index (χ4n) is 3.38. The minimum Gasteiger partial charge on any atom is -0.338 e. The molecular weight excluding hydrogens is 302 g/mol. The topological polar surface area (TPSA) is 66.6 Å². The van der Waals surface area contributed by atoms with E-state index < -0.39 is 5.92 Å². The zero-order valence-corrected chi connectivity index (χ0v) is 13.1. The third-order valence-corrected chi connectivity index (χ3v) is 4.79. The SMILES string of the molecule is NCC1CCCN1C(=O)C1CCN(c2cccc(Cl)c2)C1=O. The lowest BCUT2D eigenvalue weighted by molar-refractivity contribution is -0.140. The monoisotopic (exact) mass is 321 g/mol. The molecule has 6 heteroatoms. The van der Waals surface area contributed by atoms with Gasteiger partial charge >= 0.3 is 0 Å². The molecule has 2 unspecified atom stereocenters. The summed E-state index contributed by atoms with van der Waals surface area (Å²) in [4.78, 5) is 28.7. The highest BCUT2D eigenvalue weighted by Gasteiger charge is 2.42. The normalized spacial score (nSPS) is 25.1. The molecule has 2 fully saturated rings. The predicted octanol–water partition coefficient (Wildman–Crippen LogP) is 1.64. The smallest absolute Gasteiger partial charge is 0.239 e. The molecular formula is C16H20ClN3O2. The molecule has 118 valence electrons. The van der Waals surface area contributed by atoms with Gasteiger partial charge in [0.2, 0.25) is 11.8 Å². The number of hydrogen-bond acceptors (Lipinski definition) is 3. The van der Waals surface area contributed by atoms with Crippen molar-refractivity contribution in [2.75, 3.05) is 24.5 Å². The van der Waals surface area contributed by atoms with Crippen LogP contribution in [0.4, 0.5) is 5.69 Å². The second-order valence-electron chi connectivity index (χ2n) is 5.87. The molecule has 5 nitrogen and oxygen atoms in total. The molecule has 2 N–H and O–H groups in total. The van der Waals surface area contributed by atoms with Gasteiger partial charge in [-0.1, -0.05) is 17.7 Å². The molecule has 3 rings (SSSR count). The summed E-state index contributed by atoms with van der Waals surface area (Å²) in [5.41, 5.74) is 6.48. The van der Waals surface area contributed by atoms with Gasteiger partial charge in [-0.3, -0.25) is 9.59 Å². The van der Waals surface area contributed by atoms with Gasteiger partial charge in [-0.25, -0.2) is 0 Å². The highest BCUT2D eigenvalue weighted by molar-refractivity contribution is 6.31. The third kappa shape index (κ3) is 2.71. The van der Waals surface area contributed by atoms with Crippen molar-refractivity contribution in [3.8, 4) is 0 Å². The van der Waals surface area contributed by atoms with E-state index in [1.807, 2.05) is 12.1 Å². The Morgan fingerprint density at radius 1 is 1.32 bits per heavy atom. The van der Waals surface area contributed by atoms with E-state index in [1.165, 1.54) is 0 Å². The van der Waals surface area contributed by atoms with Crippen LogP contribution in [0, 0.1) is 5.92 Å². The van der Waals surface area contributed by atoms with Crippen molar-refractivity contribution in [1.29, 1.82) is 0 Å². The van der Waals surface area contributed by atoms with Crippen molar-refractivity contribution >= 4 is 29.1 Å². The number of anilines is 1. The van der Waals surface area contributed by atoms with E-state index in [1.54, 1.807) is 21.9 Å². The number of nitrogens with zero attached hydrogens (tertiary/aromatic N) is 2. The third-order valence-electron chi connectivity index (χ3n) is 4.56. The summed E-state index contributed by atoms with van der Waals surface area (Å²) in [5, 5.41) is 0.586. The van der Waals surface area contributed by atoms with Crippen molar-refractivity contribution in [1.82, 2.24) is 4.90 Å². The summed E-state index contributed by atoms with van der Waals surface area (Å²) in [6.07, 6.45) is 2.45. The van der Waals surface area contributed by atoms with Gasteiger partial charge in [0.05, 0.1) is 0 Å². The van der Waals surface area contributed by atoms with Crippen molar-refractivity contribution in [2.24, 2.45) is 11.7 Å². The Hall–Kier alpha value is -1.59. The maximum Gasteiger partial charge on any atom is 0.239 e. The molecule has 0 spiro atoms. The van der Waals surface area contributed by atoms with Crippen LogP contribution in [-0.4, -0.2) is 42.4 Å². The van der Waals surface area contributed by atoms with Crippen molar-refractivity contribution in [2.45, 2.75) is 25.3 Å². The molecule has 0 bridgehead atoms. The van der Waals surface area contributed by atoms with Crippen LogP contribution in [0.1, 0.15) is 19.3 Å². The second kappa shape index (κ2) is 6.26. The number of carbonyl (C=O) groups is 2. The summed E-state index contributed by atoms with van der Waals surface area (Å²) in [6, 6.07) is 7.26. The van der Waals surface area contributed by atoms with Crippen LogP contribution < -0.4 is 10.6 Å². The molecule has 22 heavy (non-hydrogen) atoms. The van der Waals surface area contributed by atoms with E-state index in [0.717, 1.165) is 18.5 Å². The zero-order chi connectivity index (χ0) is 15.7. The lowest BCUT2D eigenvalue weighted by atomic mass is 10.1. The summed E-state index contributed by atoms with van der Waals surface area (Å²) in [7, 11) is 0. The van der Waals surface area contributed by atoms with Gasteiger partial charge in [-0.2, -0.15) is 0 Å². The number of rotatable bonds is 3. The van der Waals surface area contributed by atoms with E-state index >= 15 is 0 Å². The largest absolute Gasteiger partial charge is 0.338 e. The summed E-state index contributed by atoms with van der Waals surface area (Å²) in [5.74, 6) is -0.774. The van der Waals surface area contributed by atoms with E-state index in [2.05, 4.69) is 0 Å². The highest BCUT2D eigenvalue weighted by Crippen LogP contribution is 2.30. The summed E-state index contributed by atoms with van der Waals surface area (Å²) >= 11 is 5.98. The van der Waals surface area contributed by atoms with Gasteiger partial charge in [0.15, 0.2) is 0 Å². The van der Waals surface area contributed by atoms with Gasteiger partial charge in [0, 0.05) is 36.4 Å². The molecule has 2 aliphatic rings. The average Bonchev–Trinajstić information content (AvgIpc) is 3.12. The first-order valence-corrected chi connectivity index (χ1v) is 8.07. The molecule has 1 aromatic carbocycles. The molecule has 0 aromatic heterocycles. The van der Waals surface area contributed by atoms with Crippen LogP contribution >= 0.6 is 11.6 Å². The molecule has 0 saturated carbocycles. The Bertz CT molecular complexity index is 593. The first-order chi connectivity index (χ1) is 10.6. The maximum absolute atomic E-state index is 12.7. The van der Waals surface area contributed by atoms with Crippen molar-refractivity contribution in [3.63, 3.8) is 0 Å². The van der Waals surface area contributed by atoms with Gasteiger partial charge in [-0.15, -0.1) is 0 Å². The average molecular weight is 322 g/mol. The standard InChI is InChI=1S/C16H20ClN3O2/c17-11-3-1-4-12(9-11)20-8-6-14(16(20)22)15(21)19-7-2-5-13(19)10-18/h1,3-4,9,13-14H,2,5-8,10,18H2. The Morgan fingerprint density at radius 3 is 2.86 bits per heavy atom. The van der Waals surface area contributed by atoms with Crippen LogP contribution in [-0.2, 0) is 9.59 Å². The number of carbonyl (C=O) groups excluding carboxylic acids is 2. The number of amides is 2. The fraction of sp³-hybridized carbons (Fsp3) is 0.500. The van der Waals surface area contributed by atoms with Gasteiger partial charge in [0.25, 0.3) is 0 Å². The fourth-order valence-corrected chi connectivity index (χ4v) is 3.57. The number of nitrogens with two attached hydrogens (primary N) is 1. The lowest BCUT2D eigenvalue weighted by Crippen LogP contribution is -2.45. The van der Waals surface area contributed by atoms with E-state index in [-0.39, 0.29) is 17.9 Å². The van der Waals surface area contributed by atoms with Gasteiger partial charge in [-0.05, 0) is 37.5 Å². The first-order valence-electron chi connectivity index (χ1n) is 7.69. The summed E-state index contributed by atoms with van der Waals surface area (Å²) < 4.78 is 0. The minimum atomic E-state index is -0.578. The summed E-state index contributed by atoms with van der Waals surface area (Å²) in [6.45, 7) is 1.73. The molecule has 0 aliphatic carbocycles. The number of benzene rings is 1. The predicted molar refractivity (Wildman–Crippen MR) is 85.7 cm³/mol. The lowest BCUT2D eigenvalue weighted by Gasteiger charge is -2.26. The van der Waals surface area contributed by atoms with E-state index in [0.29, 0.717) is 31.1 Å². The zero-order valence-electron chi connectivity index (χ0n) is 12.4. The molecule has 2 atom stereocenters. The second-order valence-corrected chi connectivity index (χ2v) is 6.31. The highest BCUT2D eigenvalue weighted by atomic mass is 35.5. The van der Waals surface area contributed by atoms with Crippen LogP contribution in [0.2, 0.25) is 5.02 Å². The number of halogens is 1. The van der Waals surface area contributed by atoms with Crippen LogP contribution in [0.3, 0.4) is 0 Å². The van der Waals surface area contributed by atoms with E-state index in [4.69, 9.17) is 17.3 Å². The van der Waals surface area contributed by atoms with Gasteiger partial charge < -0.3 is 15.5 Å². The Kier molecular flexibility index (Phi) is 4.36. The first kappa shape index (κ1) is 15.3. The number of hydrogen-bond donors (Lipinski definition) is 1. The van der Waals surface area contributed by atoms with Crippen LogP contribution in [0.15, 0.2) is 24.3 Å². The molecule has 2 saturated heterocycles.